The summed E-state index contributed by atoms with van der Waals surface area (Å²) in [6.07, 6.45) is 3.91. The van der Waals surface area contributed by atoms with Crippen LogP contribution in [0.4, 0.5) is 17.5 Å². The zero-order valence-electron chi connectivity index (χ0n) is 12.2. The first kappa shape index (κ1) is 13.5. The van der Waals surface area contributed by atoms with Crippen LogP contribution in [0.5, 0.6) is 0 Å². The Morgan fingerprint density at radius 2 is 2.00 bits per heavy atom. The van der Waals surface area contributed by atoms with E-state index in [2.05, 4.69) is 15.3 Å². The topological polar surface area (TPSA) is 82.3 Å². The number of hydrogen-bond donors (Lipinski definition) is 2. The van der Waals surface area contributed by atoms with Crippen molar-refractivity contribution in [1.82, 2.24) is 9.97 Å². The third-order valence-corrected chi connectivity index (χ3v) is 3.90. The predicted octanol–water partition coefficient (Wildman–Crippen LogP) is 2.73. The van der Waals surface area contributed by atoms with Crippen molar-refractivity contribution >= 4 is 17.5 Å². The molecule has 0 amide bonds. The van der Waals surface area contributed by atoms with E-state index in [1.165, 1.54) is 12.8 Å². The standard InChI is InChI=1S/C16H18N4O2/c17-14-13(10-4-5-10)9-18-16(20-14)19-12-3-1-2-11(8-12)15-21-6-7-22-15/h1-3,8-10,15H,4-7H2,(H3,17,18,19,20). The monoisotopic (exact) mass is 298 g/mol. The summed E-state index contributed by atoms with van der Waals surface area (Å²) in [6.45, 7) is 1.26. The van der Waals surface area contributed by atoms with Gasteiger partial charge in [-0.2, -0.15) is 4.98 Å². The minimum Gasteiger partial charge on any atom is -0.383 e. The van der Waals surface area contributed by atoms with Gasteiger partial charge in [0.15, 0.2) is 6.29 Å². The van der Waals surface area contributed by atoms with E-state index in [9.17, 15) is 0 Å². The number of ether oxygens (including phenoxy) is 2. The van der Waals surface area contributed by atoms with Gasteiger partial charge in [0.25, 0.3) is 0 Å². The first-order valence-corrected chi connectivity index (χ1v) is 7.52. The molecule has 6 heteroatoms. The molecule has 0 bridgehead atoms. The molecule has 22 heavy (non-hydrogen) atoms. The molecule has 1 aliphatic heterocycles. The highest BCUT2D eigenvalue weighted by Crippen LogP contribution is 2.42. The van der Waals surface area contributed by atoms with Crippen LogP contribution >= 0.6 is 0 Å². The molecular formula is C16H18N4O2. The number of nitrogens with two attached hydrogens (primary N) is 1. The molecule has 6 nitrogen and oxygen atoms in total. The Kier molecular flexibility index (Phi) is 3.40. The van der Waals surface area contributed by atoms with Crippen LogP contribution in [-0.4, -0.2) is 23.2 Å². The number of hydrogen-bond acceptors (Lipinski definition) is 6. The van der Waals surface area contributed by atoms with Crippen molar-refractivity contribution in [2.75, 3.05) is 24.3 Å². The molecule has 2 fully saturated rings. The summed E-state index contributed by atoms with van der Waals surface area (Å²) in [4.78, 5) is 8.71. The van der Waals surface area contributed by atoms with Gasteiger partial charge in [0.05, 0.1) is 13.2 Å². The molecular weight excluding hydrogens is 280 g/mol. The van der Waals surface area contributed by atoms with Gasteiger partial charge in [0.2, 0.25) is 5.95 Å². The molecule has 1 aromatic carbocycles. The molecule has 0 unspecified atom stereocenters. The van der Waals surface area contributed by atoms with Gasteiger partial charge >= 0.3 is 0 Å². The van der Waals surface area contributed by atoms with E-state index >= 15 is 0 Å². The number of nitrogens with one attached hydrogen (secondary N) is 1. The minimum atomic E-state index is -0.287. The quantitative estimate of drug-likeness (QED) is 0.903. The molecule has 114 valence electrons. The second kappa shape index (κ2) is 5.55. The highest BCUT2D eigenvalue weighted by Gasteiger charge is 2.26. The fourth-order valence-corrected chi connectivity index (χ4v) is 2.62. The van der Waals surface area contributed by atoms with Crippen molar-refractivity contribution in [2.24, 2.45) is 0 Å². The molecule has 1 saturated heterocycles. The van der Waals surface area contributed by atoms with Crippen molar-refractivity contribution in [3.05, 3.63) is 41.6 Å². The average molecular weight is 298 g/mol. The molecule has 1 saturated carbocycles. The molecule has 0 spiro atoms. The second-order valence-corrected chi connectivity index (χ2v) is 5.63. The van der Waals surface area contributed by atoms with Gasteiger partial charge in [0.1, 0.15) is 5.82 Å². The molecule has 0 atom stereocenters. The number of aromatic nitrogens is 2. The van der Waals surface area contributed by atoms with Crippen LogP contribution in [0.25, 0.3) is 0 Å². The molecule has 2 aromatic rings. The van der Waals surface area contributed by atoms with Crippen molar-refractivity contribution < 1.29 is 9.47 Å². The van der Waals surface area contributed by atoms with Gasteiger partial charge in [-0.05, 0) is 30.9 Å². The summed E-state index contributed by atoms with van der Waals surface area (Å²) in [5.74, 6) is 1.62. The summed E-state index contributed by atoms with van der Waals surface area (Å²) in [5, 5.41) is 3.18. The van der Waals surface area contributed by atoms with E-state index in [-0.39, 0.29) is 6.29 Å². The van der Waals surface area contributed by atoms with Gasteiger partial charge in [-0.3, -0.25) is 0 Å². The van der Waals surface area contributed by atoms with Gasteiger partial charge in [0, 0.05) is 23.0 Å². The summed E-state index contributed by atoms with van der Waals surface area (Å²) < 4.78 is 11.0. The zero-order chi connectivity index (χ0) is 14.9. The maximum Gasteiger partial charge on any atom is 0.229 e. The average Bonchev–Trinajstić information content (AvgIpc) is 3.21. The third-order valence-electron chi connectivity index (χ3n) is 3.90. The molecule has 2 heterocycles. The lowest BCUT2D eigenvalue weighted by Gasteiger charge is -2.12. The highest BCUT2D eigenvalue weighted by molar-refractivity contribution is 5.57. The van der Waals surface area contributed by atoms with E-state index in [0.29, 0.717) is 30.9 Å². The summed E-state index contributed by atoms with van der Waals surface area (Å²) in [7, 11) is 0. The zero-order valence-corrected chi connectivity index (χ0v) is 12.2. The van der Waals surface area contributed by atoms with Crippen LogP contribution in [0.3, 0.4) is 0 Å². The number of anilines is 3. The van der Waals surface area contributed by atoms with Crippen LogP contribution in [-0.2, 0) is 9.47 Å². The maximum atomic E-state index is 6.01. The Morgan fingerprint density at radius 1 is 1.18 bits per heavy atom. The van der Waals surface area contributed by atoms with Gasteiger partial charge in [-0.25, -0.2) is 4.98 Å². The van der Waals surface area contributed by atoms with Gasteiger partial charge < -0.3 is 20.5 Å². The first-order chi connectivity index (χ1) is 10.8. The second-order valence-electron chi connectivity index (χ2n) is 5.63. The maximum absolute atomic E-state index is 6.01. The van der Waals surface area contributed by atoms with Crippen LogP contribution in [0.15, 0.2) is 30.5 Å². The van der Waals surface area contributed by atoms with Gasteiger partial charge in [-0.1, -0.05) is 12.1 Å². The number of nitrogens with zero attached hydrogens (tertiary/aromatic N) is 2. The summed E-state index contributed by atoms with van der Waals surface area (Å²) in [6, 6.07) is 7.86. The first-order valence-electron chi connectivity index (χ1n) is 7.52. The number of nitrogen functional groups attached to an aromatic ring is 1. The molecule has 1 aliphatic carbocycles. The van der Waals surface area contributed by atoms with Gasteiger partial charge in [-0.15, -0.1) is 0 Å². The summed E-state index contributed by atoms with van der Waals surface area (Å²) >= 11 is 0. The normalized spacial score (nSPS) is 18.5. The lowest BCUT2D eigenvalue weighted by molar-refractivity contribution is -0.0440. The van der Waals surface area contributed by atoms with Crippen molar-refractivity contribution in [2.45, 2.75) is 25.0 Å². The number of rotatable bonds is 4. The summed E-state index contributed by atoms with van der Waals surface area (Å²) in [5.41, 5.74) is 8.94. The minimum absolute atomic E-state index is 0.287. The van der Waals surface area contributed by atoms with Crippen LogP contribution in [0.2, 0.25) is 0 Å². The fourth-order valence-electron chi connectivity index (χ4n) is 2.62. The predicted molar refractivity (Wildman–Crippen MR) is 82.8 cm³/mol. The Hall–Kier alpha value is -2.18. The number of benzene rings is 1. The smallest absolute Gasteiger partial charge is 0.229 e. The third kappa shape index (κ3) is 2.75. The Balaban J connectivity index is 1.52. The van der Waals surface area contributed by atoms with E-state index in [1.807, 2.05) is 30.5 Å². The fraction of sp³-hybridized carbons (Fsp3) is 0.375. The SMILES string of the molecule is Nc1nc(Nc2cccc(C3OCCO3)c2)ncc1C1CC1. The van der Waals surface area contributed by atoms with E-state index in [4.69, 9.17) is 15.2 Å². The molecule has 2 aliphatic rings. The molecule has 0 radical (unpaired) electrons. The molecule has 3 N–H and O–H groups in total. The lowest BCUT2D eigenvalue weighted by Crippen LogP contribution is -2.04. The molecule has 1 aromatic heterocycles. The largest absolute Gasteiger partial charge is 0.383 e. The van der Waals surface area contributed by atoms with E-state index in [1.54, 1.807) is 0 Å². The molecule has 4 rings (SSSR count). The van der Waals surface area contributed by atoms with Crippen LogP contribution in [0.1, 0.15) is 36.2 Å². The van der Waals surface area contributed by atoms with Crippen LogP contribution in [0, 0.1) is 0 Å². The lowest BCUT2D eigenvalue weighted by atomic mass is 10.2. The highest BCUT2D eigenvalue weighted by atomic mass is 16.7. The Morgan fingerprint density at radius 3 is 2.73 bits per heavy atom. The Labute approximate surface area is 128 Å². The van der Waals surface area contributed by atoms with E-state index < -0.39 is 0 Å². The van der Waals surface area contributed by atoms with Crippen molar-refractivity contribution in [1.29, 1.82) is 0 Å². The Bertz CT molecular complexity index is 682. The van der Waals surface area contributed by atoms with Crippen LogP contribution < -0.4 is 11.1 Å². The van der Waals surface area contributed by atoms with Crippen molar-refractivity contribution in [3.63, 3.8) is 0 Å². The van der Waals surface area contributed by atoms with E-state index in [0.717, 1.165) is 16.8 Å². The van der Waals surface area contributed by atoms with Crippen molar-refractivity contribution in [3.8, 4) is 0 Å².